The van der Waals surface area contributed by atoms with Gasteiger partial charge in [-0.25, -0.2) is 4.79 Å². The Kier molecular flexibility index (Phi) is 4.50. The number of aromatic carboxylic acids is 1. The number of benzene rings is 2. The summed E-state index contributed by atoms with van der Waals surface area (Å²) in [5, 5.41) is 9.74. The summed E-state index contributed by atoms with van der Waals surface area (Å²) in [6.45, 7) is 5.78. The zero-order valence-electron chi connectivity index (χ0n) is 14.6. The van der Waals surface area contributed by atoms with Gasteiger partial charge in [0.25, 0.3) is 10.0 Å². The maximum absolute atomic E-state index is 12.8. The molecule has 136 valence electrons. The second kappa shape index (κ2) is 6.49. The van der Waals surface area contributed by atoms with Crippen LogP contribution < -0.4 is 4.72 Å². The van der Waals surface area contributed by atoms with Gasteiger partial charge in [-0.15, -0.1) is 0 Å². The molecule has 7 heteroatoms. The molecule has 0 spiro atoms. The lowest BCUT2D eigenvalue weighted by atomic mass is 10.0. The van der Waals surface area contributed by atoms with Crippen molar-refractivity contribution in [1.29, 1.82) is 0 Å². The number of anilines is 1. The van der Waals surface area contributed by atoms with Crippen molar-refractivity contribution in [3.05, 3.63) is 59.2 Å². The summed E-state index contributed by atoms with van der Waals surface area (Å²) in [5.41, 5.74) is 1.89. The van der Waals surface area contributed by atoms with Crippen molar-refractivity contribution in [2.45, 2.75) is 31.8 Å². The molecule has 0 aliphatic heterocycles. The van der Waals surface area contributed by atoms with Crippen LogP contribution in [0.15, 0.2) is 52.0 Å². The third-order valence-corrected chi connectivity index (χ3v) is 5.60. The minimum Gasteiger partial charge on any atom is -0.478 e. The summed E-state index contributed by atoms with van der Waals surface area (Å²) >= 11 is 0. The smallest absolute Gasteiger partial charge is 0.337 e. The average molecular weight is 373 g/mol. The van der Waals surface area contributed by atoms with Gasteiger partial charge in [-0.05, 0) is 42.7 Å². The Labute approximate surface area is 151 Å². The van der Waals surface area contributed by atoms with Crippen molar-refractivity contribution < 1.29 is 22.7 Å². The van der Waals surface area contributed by atoms with Crippen molar-refractivity contribution in [2.24, 2.45) is 0 Å². The molecule has 3 rings (SSSR count). The molecule has 0 saturated carbocycles. The predicted octanol–water partition coefficient (Wildman–Crippen LogP) is 4.36. The van der Waals surface area contributed by atoms with E-state index in [4.69, 9.17) is 4.42 Å². The van der Waals surface area contributed by atoms with E-state index in [-0.39, 0.29) is 16.3 Å². The second-order valence-electron chi connectivity index (χ2n) is 6.38. The first kappa shape index (κ1) is 18.0. The number of hydrogen-bond acceptors (Lipinski definition) is 4. The van der Waals surface area contributed by atoms with Crippen LogP contribution in [0.25, 0.3) is 11.0 Å². The van der Waals surface area contributed by atoms with E-state index in [9.17, 15) is 18.3 Å². The van der Waals surface area contributed by atoms with E-state index in [0.29, 0.717) is 17.1 Å². The number of fused-ring (bicyclic) bond motifs is 1. The molecule has 6 nitrogen and oxygen atoms in total. The first-order valence-electron chi connectivity index (χ1n) is 8.09. The monoisotopic (exact) mass is 373 g/mol. The van der Waals surface area contributed by atoms with E-state index in [1.807, 2.05) is 12.1 Å². The van der Waals surface area contributed by atoms with Gasteiger partial charge in [0, 0.05) is 10.9 Å². The fraction of sp³-hybridized carbons (Fsp3) is 0.211. The number of rotatable bonds is 5. The molecular formula is C19H19NO5S. The Balaban J connectivity index is 2.08. The molecule has 1 heterocycles. The molecule has 0 fully saturated rings. The number of nitrogens with one attached hydrogen (secondary N) is 1. The zero-order chi connectivity index (χ0) is 19.1. The van der Waals surface area contributed by atoms with Crippen LogP contribution >= 0.6 is 0 Å². The highest BCUT2D eigenvalue weighted by atomic mass is 32.2. The van der Waals surface area contributed by atoms with Crippen LogP contribution in [-0.4, -0.2) is 19.5 Å². The molecule has 0 aliphatic rings. The molecule has 0 aliphatic carbocycles. The van der Waals surface area contributed by atoms with Crippen molar-refractivity contribution in [3.8, 4) is 0 Å². The van der Waals surface area contributed by atoms with Crippen LogP contribution in [-0.2, 0) is 10.0 Å². The summed E-state index contributed by atoms with van der Waals surface area (Å²) < 4.78 is 33.5. The normalized spacial score (nSPS) is 11.8. The van der Waals surface area contributed by atoms with Crippen LogP contribution in [0.5, 0.6) is 0 Å². The van der Waals surface area contributed by atoms with Crippen LogP contribution in [0.3, 0.4) is 0 Å². The molecule has 0 radical (unpaired) electrons. The lowest BCUT2D eigenvalue weighted by Gasteiger charge is -2.09. The molecule has 0 amide bonds. The second-order valence-corrected chi connectivity index (χ2v) is 7.96. The highest BCUT2D eigenvalue weighted by Gasteiger charge is 2.26. The van der Waals surface area contributed by atoms with E-state index in [1.54, 1.807) is 19.1 Å². The number of aryl methyl sites for hydroxylation is 1. The maximum Gasteiger partial charge on any atom is 0.337 e. The minimum atomic E-state index is -4.07. The number of furan rings is 1. The summed E-state index contributed by atoms with van der Waals surface area (Å²) in [4.78, 5) is 11.3. The third kappa shape index (κ3) is 3.17. The molecule has 0 bridgehead atoms. The highest BCUT2D eigenvalue weighted by molar-refractivity contribution is 7.92. The first-order chi connectivity index (χ1) is 12.2. The van der Waals surface area contributed by atoms with Gasteiger partial charge in [-0.3, -0.25) is 4.72 Å². The van der Waals surface area contributed by atoms with Gasteiger partial charge in [-0.2, -0.15) is 8.42 Å². The molecule has 3 aromatic rings. The van der Waals surface area contributed by atoms with Gasteiger partial charge in [0.2, 0.25) is 5.09 Å². The van der Waals surface area contributed by atoms with Crippen LogP contribution in [0, 0.1) is 6.92 Å². The number of carboxylic acids is 1. The maximum atomic E-state index is 12.8. The number of carboxylic acid groups (broad SMARTS) is 1. The molecule has 0 saturated heterocycles. The molecule has 2 aromatic carbocycles. The number of para-hydroxylation sites is 1. The van der Waals surface area contributed by atoms with Crippen molar-refractivity contribution in [2.75, 3.05) is 4.72 Å². The quantitative estimate of drug-likeness (QED) is 0.692. The molecule has 1 aromatic heterocycles. The SMILES string of the molecule is Cc1c(S(=O)(=O)Nc2ccccc2C(=O)O)oc2ccc(C(C)C)cc12. The Bertz CT molecular complexity index is 1100. The predicted molar refractivity (Wildman–Crippen MR) is 99.2 cm³/mol. The summed E-state index contributed by atoms with van der Waals surface area (Å²) in [7, 11) is -4.07. The summed E-state index contributed by atoms with van der Waals surface area (Å²) in [6.07, 6.45) is 0. The molecule has 2 N–H and O–H groups in total. The number of hydrogen-bond donors (Lipinski definition) is 2. The van der Waals surface area contributed by atoms with Crippen LogP contribution in [0.2, 0.25) is 0 Å². The minimum absolute atomic E-state index is 0.0114. The van der Waals surface area contributed by atoms with Gasteiger partial charge >= 0.3 is 5.97 Å². The van der Waals surface area contributed by atoms with Gasteiger partial charge < -0.3 is 9.52 Å². The Morgan fingerprint density at radius 2 is 1.85 bits per heavy atom. The molecular weight excluding hydrogens is 354 g/mol. The van der Waals surface area contributed by atoms with Crippen molar-refractivity contribution in [1.82, 2.24) is 0 Å². The van der Waals surface area contributed by atoms with Crippen molar-refractivity contribution >= 4 is 32.6 Å². The standard InChI is InChI=1S/C19H19NO5S/c1-11(2)13-8-9-17-15(10-13)12(3)19(25-17)26(23,24)20-16-7-5-4-6-14(16)18(21)22/h4-11,20H,1-3H3,(H,21,22). The Morgan fingerprint density at radius 3 is 2.50 bits per heavy atom. The van der Waals surface area contributed by atoms with Gasteiger partial charge in [-0.1, -0.05) is 32.0 Å². The molecule has 0 unspecified atom stereocenters. The zero-order valence-corrected chi connectivity index (χ0v) is 15.4. The van der Waals surface area contributed by atoms with Crippen molar-refractivity contribution in [3.63, 3.8) is 0 Å². The van der Waals surface area contributed by atoms with Crippen LogP contribution in [0.1, 0.15) is 41.3 Å². The average Bonchev–Trinajstić information content (AvgIpc) is 2.92. The largest absolute Gasteiger partial charge is 0.478 e. The van der Waals surface area contributed by atoms with Gasteiger partial charge in [0.1, 0.15) is 5.58 Å². The Morgan fingerprint density at radius 1 is 1.15 bits per heavy atom. The lowest BCUT2D eigenvalue weighted by Crippen LogP contribution is -2.15. The van der Waals surface area contributed by atoms with E-state index in [1.165, 1.54) is 18.2 Å². The van der Waals surface area contributed by atoms with Crippen LogP contribution in [0.4, 0.5) is 5.69 Å². The van der Waals surface area contributed by atoms with E-state index >= 15 is 0 Å². The Hall–Kier alpha value is -2.80. The first-order valence-corrected chi connectivity index (χ1v) is 9.57. The third-order valence-electron chi connectivity index (χ3n) is 4.23. The number of sulfonamides is 1. The topological polar surface area (TPSA) is 96.6 Å². The molecule has 26 heavy (non-hydrogen) atoms. The highest BCUT2D eigenvalue weighted by Crippen LogP contribution is 2.32. The summed E-state index contributed by atoms with van der Waals surface area (Å²) in [5.74, 6) is -0.916. The lowest BCUT2D eigenvalue weighted by molar-refractivity contribution is 0.0698. The van der Waals surface area contributed by atoms with E-state index in [0.717, 1.165) is 10.9 Å². The van der Waals surface area contributed by atoms with E-state index < -0.39 is 16.0 Å². The number of carbonyl (C=O) groups is 1. The van der Waals surface area contributed by atoms with E-state index in [2.05, 4.69) is 18.6 Å². The fourth-order valence-corrected chi connectivity index (χ4v) is 4.05. The van der Waals surface area contributed by atoms with Gasteiger partial charge in [0.05, 0.1) is 11.3 Å². The van der Waals surface area contributed by atoms with Gasteiger partial charge in [0.15, 0.2) is 0 Å². The fourth-order valence-electron chi connectivity index (χ4n) is 2.78. The molecule has 0 atom stereocenters. The summed E-state index contributed by atoms with van der Waals surface area (Å²) in [6, 6.07) is 11.4.